The number of carbonyl (C=O) groups is 1. The van der Waals surface area contributed by atoms with Crippen LogP contribution in [0.1, 0.15) is 12.8 Å². The smallest absolute Gasteiger partial charge is 0.248 e. The van der Waals surface area contributed by atoms with Crippen molar-refractivity contribution in [2.24, 2.45) is 11.7 Å². The molecule has 0 aliphatic carbocycles. The van der Waals surface area contributed by atoms with Crippen LogP contribution in [0.5, 0.6) is 0 Å². The van der Waals surface area contributed by atoms with Crippen LogP contribution in [0.4, 0.5) is 13.2 Å². The van der Waals surface area contributed by atoms with Gasteiger partial charge in [-0.05, 0) is 12.8 Å². The fourth-order valence-electron chi connectivity index (χ4n) is 2.62. The number of sulfonamides is 1. The molecule has 1 aromatic carbocycles. The maximum atomic E-state index is 13.8. The van der Waals surface area contributed by atoms with E-state index in [0.717, 1.165) is 4.31 Å². The van der Waals surface area contributed by atoms with Crippen molar-refractivity contribution in [2.45, 2.75) is 17.7 Å². The number of piperidine rings is 1. The van der Waals surface area contributed by atoms with Crippen molar-refractivity contribution in [3.05, 3.63) is 29.6 Å². The van der Waals surface area contributed by atoms with E-state index >= 15 is 0 Å². The Hall–Kier alpha value is -1.65. The zero-order chi connectivity index (χ0) is 17.9. The summed E-state index contributed by atoms with van der Waals surface area (Å²) in [5, 5.41) is 2.56. The number of carbonyl (C=O) groups excluding carboxylic acids is 1. The number of hydrogen-bond acceptors (Lipinski definition) is 4. The number of benzene rings is 1. The fraction of sp³-hybridized carbons (Fsp3) is 0.500. The number of rotatable bonds is 5. The molecular weight excluding hydrogens is 347 g/mol. The summed E-state index contributed by atoms with van der Waals surface area (Å²) in [5.74, 6) is -5.20. The van der Waals surface area contributed by atoms with Crippen molar-refractivity contribution in [2.75, 3.05) is 26.2 Å². The summed E-state index contributed by atoms with van der Waals surface area (Å²) in [5.41, 5.74) is 5.29. The molecule has 6 nitrogen and oxygen atoms in total. The average molecular weight is 365 g/mol. The Balaban J connectivity index is 2.25. The first-order valence-electron chi connectivity index (χ1n) is 7.40. The summed E-state index contributed by atoms with van der Waals surface area (Å²) in [7, 11) is -4.52. The molecule has 0 saturated carbocycles. The summed E-state index contributed by atoms with van der Waals surface area (Å²) in [4.78, 5) is 10.8. The molecule has 1 saturated heterocycles. The van der Waals surface area contributed by atoms with Gasteiger partial charge in [-0.3, -0.25) is 4.79 Å². The second-order valence-corrected chi connectivity index (χ2v) is 7.36. The molecule has 1 aliphatic heterocycles. The Morgan fingerprint density at radius 2 is 1.92 bits per heavy atom. The summed E-state index contributed by atoms with van der Waals surface area (Å²) >= 11 is 0. The third kappa shape index (κ3) is 3.87. The van der Waals surface area contributed by atoms with Crippen molar-refractivity contribution in [1.82, 2.24) is 9.62 Å². The van der Waals surface area contributed by atoms with Crippen LogP contribution in [0.2, 0.25) is 0 Å². The molecule has 1 amide bonds. The van der Waals surface area contributed by atoms with Crippen molar-refractivity contribution in [1.29, 1.82) is 0 Å². The number of halogens is 3. The van der Waals surface area contributed by atoms with Gasteiger partial charge in [-0.25, -0.2) is 21.6 Å². The maximum Gasteiger partial charge on any atom is 0.248 e. The quantitative estimate of drug-likeness (QED) is 0.798. The van der Waals surface area contributed by atoms with Crippen molar-refractivity contribution in [3.63, 3.8) is 0 Å². The highest BCUT2D eigenvalue weighted by Gasteiger charge is 2.36. The summed E-state index contributed by atoms with van der Waals surface area (Å²) < 4.78 is 66.4. The molecule has 1 aromatic rings. The van der Waals surface area contributed by atoms with Gasteiger partial charge in [0.25, 0.3) is 0 Å². The lowest BCUT2D eigenvalue weighted by Crippen LogP contribution is -2.46. The second-order valence-electron chi connectivity index (χ2n) is 5.48. The standard InChI is InChI=1S/C14H18F3N3O3S/c15-10-6-11(16)13(12(17)7-10)24(22,23)20-5-1-2-9(8-20)14(21)19-4-3-18/h6-7,9H,1-5,8,18H2,(H,19,21). The van der Waals surface area contributed by atoms with Crippen molar-refractivity contribution < 1.29 is 26.4 Å². The molecule has 0 spiro atoms. The average Bonchev–Trinajstić information content (AvgIpc) is 2.51. The number of nitrogens with zero attached hydrogens (tertiary/aromatic N) is 1. The number of nitrogens with one attached hydrogen (secondary N) is 1. The van der Waals surface area contributed by atoms with Crippen LogP contribution in [-0.2, 0) is 14.8 Å². The molecule has 1 atom stereocenters. The molecule has 0 radical (unpaired) electrons. The van der Waals surface area contributed by atoms with Crippen LogP contribution in [0.15, 0.2) is 17.0 Å². The van der Waals surface area contributed by atoms with Gasteiger partial charge in [0.15, 0.2) is 4.90 Å². The van der Waals surface area contributed by atoms with E-state index in [1.54, 1.807) is 0 Å². The van der Waals surface area contributed by atoms with Crippen LogP contribution in [0, 0.1) is 23.4 Å². The fourth-order valence-corrected chi connectivity index (χ4v) is 4.23. The van der Waals surface area contributed by atoms with Gasteiger partial charge < -0.3 is 11.1 Å². The zero-order valence-electron chi connectivity index (χ0n) is 12.8. The van der Waals surface area contributed by atoms with Gasteiger partial charge in [-0.2, -0.15) is 4.31 Å². The molecule has 1 unspecified atom stereocenters. The maximum absolute atomic E-state index is 13.8. The minimum absolute atomic E-state index is 0.0270. The first kappa shape index (κ1) is 18.7. The van der Waals surface area contributed by atoms with Gasteiger partial charge in [0.1, 0.15) is 17.5 Å². The monoisotopic (exact) mass is 365 g/mol. The number of hydrogen-bond donors (Lipinski definition) is 2. The van der Waals surface area contributed by atoms with E-state index < -0.39 is 38.3 Å². The topological polar surface area (TPSA) is 92.5 Å². The molecule has 0 aromatic heterocycles. The van der Waals surface area contributed by atoms with E-state index in [1.807, 2.05) is 0 Å². The molecule has 1 heterocycles. The lowest BCUT2D eigenvalue weighted by molar-refractivity contribution is -0.126. The van der Waals surface area contributed by atoms with Crippen LogP contribution in [-0.4, -0.2) is 44.8 Å². The lowest BCUT2D eigenvalue weighted by Gasteiger charge is -2.31. The van der Waals surface area contributed by atoms with Gasteiger partial charge in [0, 0.05) is 38.3 Å². The van der Waals surface area contributed by atoms with E-state index in [9.17, 15) is 26.4 Å². The zero-order valence-corrected chi connectivity index (χ0v) is 13.6. The molecule has 10 heteroatoms. The van der Waals surface area contributed by atoms with Gasteiger partial charge in [0.05, 0.1) is 5.92 Å². The summed E-state index contributed by atoms with van der Waals surface area (Å²) in [6, 6.07) is 0.622. The Kier molecular flexibility index (Phi) is 5.83. The predicted octanol–water partition coefficient (Wildman–Crippen LogP) is 0.579. The SMILES string of the molecule is NCCNC(=O)C1CCCN(S(=O)(=O)c2c(F)cc(F)cc2F)C1. The molecule has 3 N–H and O–H groups in total. The van der Waals surface area contributed by atoms with Crippen LogP contribution in [0.25, 0.3) is 0 Å². The highest BCUT2D eigenvalue weighted by molar-refractivity contribution is 7.89. The molecule has 1 fully saturated rings. The molecule has 24 heavy (non-hydrogen) atoms. The third-order valence-electron chi connectivity index (χ3n) is 3.76. The first-order valence-corrected chi connectivity index (χ1v) is 8.84. The van der Waals surface area contributed by atoms with Crippen LogP contribution < -0.4 is 11.1 Å². The van der Waals surface area contributed by atoms with E-state index in [4.69, 9.17) is 5.73 Å². The largest absolute Gasteiger partial charge is 0.355 e. The van der Waals surface area contributed by atoms with Crippen LogP contribution >= 0.6 is 0 Å². The number of amides is 1. The molecule has 0 bridgehead atoms. The highest BCUT2D eigenvalue weighted by Crippen LogP contribution is 2.27. The van der Waals surface area contributed by atoms with E-state index in [2.05, 4.69) is 5.32 Å². The Morgan fingerprint density at radius 3 is 2.50 bits per heavy atom. The summed E-state index contributed by atoms with van der Waals surface area (Å²) in [6.45, 7) is 0.323. The van der Waals surface area contributed by atoms with E-state index in [-0.39, 0.29) is 32.1 Å². The molecular formula is C14H18F3N3O3S. The highest BCUT2D eigenvalue weighted by atomic mass is 32.2. The van der Waals surface area contributed by atoms with E-state index in [1.165, 1.54) is 0 Å². The van der Waals surface area contributed by atoms with E-state index in [0.29, 0.717) is 25.0 Å². The summed E-state index contributed by atoms with van der Waals surface area (Å²) in [6.07, 6.45) is 0.821. The normalized spacial score (nSPS) is 19.2. The first-order chi connectivity index (χ1) is 11.3. The van der Waals surface area contributed by atoms with Crippen molar-refractivity contribution >= 4 is 15.9 Å². The Bertz CT molecular complexity index is 704. The van der Waals surface area contributed by atoms with Gasteiger partial charge >= 0.3 is 0 Å². The Labute approximate surface area is 137 Å². The molecule has 1 aliphatic rings. The number of nitrogens with two attached hydrogens (primary N) is 1. The van der Waals surface area contributed by atoms with Gasteiger partial charge in [-0.1, -0.05) is 0 Å². The minimum atomic E-state index is -4.52. The predicted molar refractivity (Wildman–Crippen MR) is 79.9 cm³/mol. The van der Waals surface area contributed by atoms with Gasteiger partial charge in [-0.15, -0.1) is 0 Å². The molecule has 134 valence electrons. The Morgan fingerprint density at radius 1 is 1.29 bits per heavy atom. The minimum Gasteiger partial charge on any atom is -0.355 e. The van der Waals surface area contributed by atoms with Crippen molar-refractivity contribution in [3.8, 4) is 0 Å². The lowest BCUT2D eigenvalue weighted by atomic mass is 9.99. The van der Waals surface area contributed by atoms with Gasteiger partial charge in [0.2, 0.25) is 15.9 Å². The van der Waals surface area contributed by atoms with Crippen LogP contribution in [0.3, 0.4) is 0 Å². The third-order valence-corrected chi connectivity index (χ3v) is 5.68. The second kappa shape index (κ2) is 7.49. The molecule has 2 rings (SSSR count).